The summed E-state index contributed by atoms with van der Waals surface area (Å²) >= 11 is 1.47. The Morgan fingerprint density at radius 2 is 1.94 bits per heavy atom. The Hall–Kier alpha value is -2.46. The molecule has 1 heterocycles. The van der Waals surface area contributed by atoms with Crippen molar-refractivity contribution in [1.29, 1.82) is 0 Å². The molecule has 1 aliphatic rings. The van der Waals surface area contributed by atoms with Crippen LogP contribution in [0.3, 0.4) is 0 Å². The molecule has 1 fully saturated rings. The summed E-state index contributed by atoms with van der Waals surface area (Å²) in [6.45, 7) is 4.21. The van der Waals surface area contributed by atoms with E-state index in [0.717, 1.165) is 10.7 Å². The van der Waals surface area contributed by atoms with Gasteiger partial charge in [-0.3, -0.25) is 10.0 Å². The molecule has 0 aliphatic carbocycles. The smallest absolute Gasteiger partial charge is 0.404 e. The lowest BCUT2D eigenvalue weighted by molar-refractivity contribution is -0.134. The van der Waals surface area contributed by atoms with Crippen LogP contribution in [-0.2, 0) is 14.8 Å². The molecule has 0 spiro atoms. The number of unbranched alkanes of at least 4 members (excludes halogenated alkanes) is 2. The van der Waals surface area contributed by atoms with Crippen molar-refractivity contribution < 1.29 is 33.1 Å². The van der Waals surface area contributed by atoms with Crippen LogP contribution in [-0.4, -0.2) is 71.3 Å². The fourth-order valence-corrected chi connectivity index (χ4v) is 6.46. The van der Waals surface area contributed by atoms with Gasteiger partial charge in [0.1, 0.15) is 18.4 Å². The van der Waals surface area contributed by atoms with Crippen LogP contribution in [0.25, 0.3) is 0 Å². The number of thioether (sulfide) groups is 1. The van der Waals surface area contributed by atoms with Gasteiger partial charge in [-0.25, -0.2) is 18.7 Å². The summed E-state index contributed by atoms with van der Waals surface area (Å²) in [4.78, 5) is 22.6. The second-order valence-corrected chi connectivity index (χ2v) is 11.4. The molecule has 0 bridgehead atoms. The molecule has 0 saturated carbocycles. The Morgan fingerprint density at radius 3 is 2.58 bits per heavy atom. The molecule has 1 aliphatic heterocycles. The molecule has 10 nitrogen and oxygen atoms in total. The van der Waals surface area contributed by atoms with Gasteiger partial charge in [-0.15, -0.1) is 0 Å². The maximum Gasteiger partial charge on any atom is 0.404 e. The molecule has 0 unspecified atom stereocenters. The van der Waals surface area contributed by atoms with E-state index >= 15 is 0 Å². The van der Waals surface area contributed by atoms with Gasteiger partial charge in [0.05, 0.1) is 4.90 Å². The highest BCUT2D eigenvalue weighted by atomic mass is 32.2. The average Bonchev–Trinajstić information content (AvgIpc) is 2.76. The van der Waals surface area contributed by atoms with E-state index in [9.17, 15) is 18.0 Å². The van der Waals surface area contributed by atoms with Crippen molar-refractivity contribution in [3.05, 3.63) is 24.3 Å². The van der Waals surface area contributed by atoms with E-state index in [1.807, 2.05) is 0 Å². The summed E-state index contributed by atoms with van der Waals surface area (Å²) in [6.07, 6.45) is 1.05. The van der Waals surface area contributed by atoms with E-state index < -0.39 is 32.8 Å². The largest absolute Gasteiger partial charge is 0.481 e. The first-order chi connectivity index (χ1) is 15.6. The molecular weight excluding hydrogens is 470 g/mol. The van der Waals surface area contributed by atoms with E-state index in [0.29, 0.717) is 30.9 Å². The lowest BCUT2D eigenvalue weighted by Gasteiger charge is -2.43. The summed E-state index contributed by atoms with van der Waals surface area (Å²) in [5, 5.41) is 19.9. The highest BCUT2D eigenvalue weighted by Crippen LogP contribution is 2.38. The average molecular weight is 500 g/mol. The maximum absolute atomic E-state index is 13.2. The standard InChI is InChI=1S/C21H29N3O7S2/c1-21(2)18(19(25)23-28)24(13-15-32-21)33(29,30)17-10-8-16(9-11-17)31-14-7-5-3-4-6-12-22-20(26)27/h8-11,18,22,28H,3-4,6,12-15H2,1-2H3,(H,23,25)(H,26,27)/t18-/m0/s1. The lowest BCUT2D eigenvalue weighted by atomic mass is 10.0. The van der Waals surface area contributed by atoms with Gasteiger partial charge < -0.3 is 15.2 Å². The van der Waals surface area contributed by atoms with Crippen molar-refractivity contribution in [3.8, 4) is 17.6 Å². The number of carbonyl (C=O) groups is 2. The van der Waals surface area contributed by atoms with Gasteiger partial charge in [0, 0.05) is 30.0 Å². The Bertz CT molecular complexity index is 985. The molecule has 1 aromatic rings. The molecular formula is C21H29N3O7S2. The number of hydrogen-bond acceptors (Lipinski definition) is 7. The zero-order valence-electron chi connectivity index (χ0n) is 18.5. The topological polar surface area (TPSA) is 145 Å². The summed E-state index contributed by atoms with van der Waals surface area (Å²) < 4.78 is 32.4. The number of carbonyl (C=O) groups excluding carboxylic acids is 1. The minimum Gasteiger partial charge on any atom is -0.481 e. The zero-order chi connectivity index (χ0) is 24.5. The number of hydrogen-bond donors (Lipinski definition) is 4. The first-order valence-corrected chi connectivity index (χ1v) is 12.8. The van der Waals surface area contributed by atoms with Crippen LogP contribution < -0.4 is 15.5 Å². The molecule has 2 rings (SSSR count). The Kier molecular flexibility index (Phi) is 9.85. The minimum atomic E-state index is -3.98. The summed E-state index contributed by atoms with van der Waals surface area (Å²) in [5.74, 6) is 6.00. The van der Waals surface area contributed by atoms with Gasteiger partial charge in [0.25, 0.3) is 5.91 Å². The van der Waals surface area contributed by atoms with Gasteiger partial charge >= 0.3 is 6.09 Å². The van der Waals surface area contributed by atoms with E-state index in [1.165, 1.54) is 36.0 Å². The number of rotatable bonds is 9. The normalized spacial score (nSPS) is 18.0. The monoisotopic (exact) mass is 499 g/mol. The number of sulfonamides is 1. The third-order valence-corrected chi connectivity index (χ3v) is 8.19. The first kappa shape index (κ1) is 26.8. The van der Waals surface area contributed by atoms with Crippen molar-refractivity contribution in [2.75, 3.05) is 25.4 Å². The number of benzene rings is 1. The molecule has 4 N–H and O–H groups in total. The molecule has 1 saturated heterocycles. The Morgan fingerprint density at radius 1 is 1.24 bits per heavy atom. The van der Waals surface area contributed by atoms with Crippen LogP contribution in [0.15, 0.2) is 29.2 Å². The van der Waals surface area contributed by atoms with Crippen molar-refractivity contribution in [3.63, 3.8) is 0 Å². The van der Waals surface area contributed by atoms with Gasteiger partial charge in [-0.2, -0.15) is 16.1 Å². The van der Waals surface area contributed by atoms with Crippen LogP contribution in [0.5, 0.6) is 5.75 Å². The number of ether oxygens (including phenoxy) is 1. The van der Waals surface area contributed by atoms with E-state index in [2.05, 4.69) is 17.2 Å². The predicted molar refractivity (Wildman–Crippen MR) is 124 cm³/mol. The number of carboxylic acid groups (broad SMARTS) is 1. The molecule has 12 heteroatoms. The van der Waals surface area contributed by atoms with Gasteiger partial charge in [0.2, 0.25) is 10.0 Å². The Labute approximate surface area is 198 Å². The third kappa shape index (κ3) is 7.53. The number of hydroxylamine groups is 1. The molecule has 1 aromatic carbocycles. The van der Waals surface area contributed by atoms with Crippen molar-refractivity contribution >= 4 is 33.8 Å². The van der Waals surface area contributed by atoms with Crippen LogP contribution in [0.4, 0.5) is 4.79 Å². The molecule has 1 atom stereocenters. The van der Waals surface area contributed by atoms with E-state index in [4.69, 9.17) is 15.1 Å². The molecule has 2 amide bonds. The third-order valence-electron chi connectivity index (χ3n) is 4.96. The maximum atomic E-state index is 13.2. The zero-order valence-corrected chi connectivity index (χ0v) is 20.2. The van der Waals surface area contributed by atoms with Crippen molar-refractivity contribution in [2.24, 2.45) is 0 Å². The number of nitrogens with zero attached hydrogens (tertiary/aromatic N) is 1. The summed E-state index contributed by atoms with van der Waals surface area (Å²) in [7, 11) is -3.98. The van der Waals surface area contributed by atoms with E-state index in [1.54, 1.807) is 19.3 Å². The first-order valence-electron chi connectivity index (χ1n) is 10.3. The summed E-state index contributed by atoms with van der Waals surface area (Å²) in [5.41, 5.74) is 1.59. The van der Waals surface area contributed by atoms with Crippen LogP contribution in [0.2, 0.25) is 0 Å². The fourth-order valence-electron chi connectivity index (χ4n) is 3.36. The molecule has 0 radical (unpaired) electrons. The van der Waals surface area contributed by atoms with E-state index in [-0.39, 0.29) is 18.0 Å². The predicted octanol–water partition coefficient (Wildman–Crippen LogP) is 1.90. The SMILES string of the molecule is CC1(C)SCCN(S(=O)(=O)c2ccc(OCC#CCCCCNC(=O)O)cc2)[C@H]1C(=O)NO. The highest BCUT2D eigenvalue weighted by Gasteiger charge is 2.48. The van der Waals surface area contributed by atoms with Crippen molar-refractivity contribution in [2.45, 2.75) is 48.8 Å². The van der Waals surface area contributed by atoms with Gasteiger partial charge in [0.15, 0.2) is 0 Å². The molecule has 182 valence electrons. The second-order valence-electron chi connectivity index (χ2n) is 7.75. The quantitative estimate of drug-likeness (QED) is 0.174. The van der Waals surface area contributed by atoms with Crippen LogP contribution in [0, 0.1) is 11.8 Å². The number of nitrogens with one attached hydrogen (secondary N) is 2. The lowest BCUT2D eigenvalue weighted by Crippen LogP contribution is -2.61. The van der Waals surface area contributed by atoms with Gasteiger partial charge in [-0.05, 0) is 51.0 Å². The minimum absolute atomic E-state index is 0.0225. The van der Waals surface area contributed by atoms with Crippen LogP contribution in [0.1, 0.15) is 33.1 Å². The number of amides is 2. The second kappa shape index (κ2) is 12.1. The van der Waals surface area contributed by atoms with Crippen molar-refractivity contribution in [1.82, 2.24) is 15.1 Å². The summed E-state index contributed by atoms with van der Waals surface area (Å²) in [6, 6.07) is 4.82. The molecule has 33 heavy (non-hydrogen) atoms. The van der Waals surface area contributed by atoms with Crippen LogP contribution >= 0.6 is 11.8 Å². The molecule has 0 aromatic heterocycles. The fraction of sp³-hybridized carbons (Fsp3) is 0.524. The Balaban J connectivity index is 1.95. The highest BCUT2D eigenvalue weighted by molar-refractivity contribution is 8.00. The van der Waals surface area contributed by atoms with Gasteiger partial charge in [-0.1, -0.05) is 11.8 Å².